The standard InChI is InChI=1S/C23H18O5/c24-21(16-10-5-2-6-11-16)19-18(17-12-7-13-27-17)20(19)22(25)23(26)28-14-15-8-3-1-4-9-15/h1-13,18-20H,14H2/t18-,19-,20+/m0/s1. The molecule has 1 aromatic heterocycles. The number of rotatable bonds is 7. The molecule has 1 saturated carbocycles. The Bertz CT molecular complexity index is 976. The van der Waals surface area contributed by atoms with E-state index in [2.05, 4.69) is 0 Å². The number of hydrogen-bond donors (Lipinski definition) is 0. The van der Waals surface area contributed by atoms with E-state index in [-0.39, 0.29) is 12.4 Å². The molecule has 0 aliphatic heterocycles. The Labute approximate surface area is 161 Å². The Hall–Kier alpha value is -3.47. The minimum absolute atomic E-state index is 0.0147. The first-order chi connectivity index (χ1) is 13.7. The van der Waals surface area contributed by atoms with Gasteiger partial charge in [-0.15, -0.1) is 0 Å². The van der Waals surface area contributed by atoms with Gasteiger partial charge in [0.05, 0.1) is 12.2 Å². The molecule has 4 rings (SSSR count). The first-order valence-electron chi connectivity index (χ1n) is 9.04. The van der Waals surface area contributed by atoms with Crippen LogP contribution in [0.1, 0.15) is 27.6 Å². The number of ketones is 2. The van der Waals surface area contributed by atoms with Gasteiger partial charge in [0.2, 0.25) is 5.78 Å². The number of furan rings is 1. The highest BCUT2D eigenvalue weighted by atomic mass is 16.5. The lowest BCUT2D eigenvalue weighted by Crippen LogP contribution is -2.21. The predicted molar refractivity (Wildman–Crippen MR) is 100 cm³/mol. The van der Waals surface area contributed by atoms with Crippen LogP contribution in [-0.4, -0.2) is 17.5 Å². The van der Waals surface area contributed by atoms with Crippen LogP contribution in [0.2, 0.25) is 0 Å². The summed E-state index contributed by atoms with van der Waals surface area (Å²) in [6.45, 7) is 0.0147. The lowest BCUT2D eigenvalue weighted by molar-refractivity contribution is -0.155. The molecule has 0 radical (unpaired) electrons. The maximum absolute atomic E-state index is 12.9. The average molecular weight is 374 g/mol. The Morgan fingerprint density at radius 1 is 0.821 bits per heavy atom. The maximum atomic E-state index is 12.9. The number of esters is 1. The monoisotopic (exact) mass is 374 g/mol. The third kappa shape index (κ3) is 3.51. The van der Waals surface area contributed by atoms with E-state index in [0.717, 1.165) is 5.56 Å². The van der Waals surface area contributed by atoms with Crippen molar-refractivity contribution in [2.75, 3.05) is 0 Å². The summed E-state index contributed by atoms with van der Waals surface area (Å²) in [6.07, 6.45) is 1.49. The normalized spacial score (nSPS) is 20.4. The van der Waals surface area contributed by atoms with Gasteiger partial charge in [-0.2, -0.15) is 0 Å². The summed E-state index contributed by atoms with van der Waals surface area (Å²) in [6, 6.07) is 21.3. The summed E-state index contributed by atoms with van der Waals surface area (Å²) in [4.78, 5) is 37.9. The van der Waals surface area contributed by atoms with Gasteiger partial charge in [0.15, 0.2) is 5.78 Å². The van der Waals surface area contributed by atoms with Crippen LogP contribution in [0.3, 0.4) is 0 Å². The minimum atomic E-state index is -0.922. The van der Waals surface area contributed by atoms with Crippen LogP contribution < -0.4 is 0 Å². The summed E-state index contributed by atoms with van der Waals surface area (Å²) >= 11 is 0. The van der Waals surface area contributed by atoms with Gasteiger partial charge in [-0.3, -0.25) is 9.59 Å². The molecular formula is C23H18O5. The molecule has 1 aliphatic carbocycles. The quantitative estimate of drug-likeness (QED) is 0.357. The molecule has 1 fully saturated rings. The Kier molecular flexibility index (Phi) is 4.89. The molecular weight excluding hydrogens is 356 g/mol. The van der Waals surface area contributed by atoms with Crippen LogP contribution in [-0.2, 0) is 20.9 Å². The Balaban J connectivity index is 1.50. The highest BCUT2D eigenvalue weighted by molar-refractivity contribution is 6.36. The van der Waals surface area contributed by atoms with Crippen LogP contribution >= 0.6 is 0 Å². The van der Waals surface area contributed by atoms with Crippen molar-refractivity contribution < 1.29 is 23.5 Å². The maximum Gasteiger partial charge on any atom is 0.375 e. The number of carbonyl (C=O) groups is 3. The summed E-state index contributed by atoms with van der Waals surface area (Å²) in [5, 5.41) is 0. The predicted octanol–water partition coefficient (Wildman–Crippen LogP) is 3.80. The molecule has 5 nitrogen and oxygen atoms in total. The third-order valence-electron chi connectivity index (χ3n) is 4.97. The number of carbonyl (C=O) groups excluding carboxylic acids is 3. The van der Waals surface area contributed by atoms with Crippen LogP contribution in [0, 0.1) is 11.8 Å². The van der Waals surface area contributed by atoms with Crippen molar-refractivity contribution in [3.8, 4) is 0 Å². The molecule has 0 spiro atoms. The van der Waals surface area contributed by atoms with E-state index in [1.165, 1.54) is 6.26 Å². The third-order valence-corrected chi connectivity index (χ3v) is 4.97. The lowest BCUT2D eigenvalue weighted by atomic mass is 10.0. The van der Waals surface area contributed by atoms with Crippen LogP contribution in [0.5, 0.6) is 0 Å². The van der Waals surface area contributed by atoms with Gasteiger partial charge in [-0.25, -0.2) is 4.79 Å². The summed E-state index contributed by atoms with van der Waals surface area (Å²) < 4.78 is 10.6. The zero-order chi connectivity index (χ0) is 19.5. The average Bonchev–Trinajstić information content (AvgIpc) is 3.24. The Morgan fingerprint density at radius 3 is 2.14 bits per heavy atom. The Morgan fingerprint density at radius 2 is 1.50 bits per heavy atom. The van der Waals surface area contributed by atoms with Crippen molar-refractivity contribution in [1.29, 1.82) is 0 Å². The van der Waals surface area contributed by atoms with Crippen molar-refractivity contribution in [3.63, 3.8) is 0 Å². The molecule has 0 unspecified atom stereocenters. The zero-order valence-corrected chi connectivity index (χ0v) is 15.0. The molecule has 0 saturated heterocycles. The molecule has 2 aromatic carbocycles. The molecule has 1 aliphatic rings. The van der Waals surface area contributed by atoms with Crippen molar-refractivity contribution in [2.45, 2.75) is 12.5 Å². The van der Waals surface area contributed by atoms with Gasteiger partial charge in [0.1, 0.15) is 12.4 Å². The molecule has 1 heterocycles. The molecule has 3 atom stereocenters. The van der Waals surface area contributed by atoms with Crippen molar-refractivity contribution in [1.82, 2.24) is 0 Å². The van der Waals surface area contributed by atoms with Crippen LogP contribution in [0.25, 0.3) is 0 Å². The second kappa shape index (κ2) is 7.64. The van der Waals surface area contributed by atoms with E-state index in [0.29, 0.717) is 11.3 Å². The highest BCUT2D eigenvalue weighted by Crippen LogP contribution is 2.56. The topological polar surface area (TPSA) is 73.6 Å². The molecule has 28 heavy (non-hydrogen) atoms. The van der Waals surface area contributed by atoms with Gasteiger partial charge >= 0.3 is 5.97 Å². The van der Waals surface area contributed by atoms with Crippen molar-refractivity contribution in [3.05, 3.63) is 95.9 Å². The molecule has 0 bridgehead atoms. The van der Waals surface area contributed by atoms with Crippen LogP contribution in [0.15, 0.2) is 83.5 Å². The molecule has 0 N–H and O–H groups in total. The minimum Gasteiger partial charge on any atom is -0.469 e. The molecule has 5 heteroatoms. The van der Waals surface area contributed by atoms with E-state index < -0.39 is 29.5 Å². The zero-order valence-electron chi connectivity index (χ0n) is 15.0. The van der Waals surface area contributed by atoms with E-state index >= 15 is 0 Å². The van der Waals surface area contributed by atoms with E-state index in [1.54, 1.807) is 36.4 Å². The summed E-state index contributed by atoms with van der Waals surface area (Å²) in [5.41, 5.74) is 1.30. The van der Waals surface area contributed by atoms with E-state index in [9.17, 15) is 14.4 Å². The molecule has 0 amide bonds. The van der Waals surface area contributed by atoms with Crippen LogP contribution in [0.4, 0.5) is 0 Å². The fourth-order valence-electron chi connectivity index (χ4n) is 3.52. The van der Waals surface area contributed by atoms with E-state index in [1.807, 2.05) is 36.4 Å². The van der Waals surface area contributed by atoms with Gasteiger partial charge in [-0.1, -0.05) is 60.7 Å². The first-order valence-corrected chi connectivity index (χ1v) is 9.04. The number of ether oxygens (including phenoxy) is 1. The molecule has 3 aromatic rings. The van der Waals surface area contributed by atoms with E-state index in [4.69, 9.17) is 9.15 Å². The molecule has 140 valence electrons. The van der Waals surface area contributed by atoms with Crippen molar-refractivity contribution >= 4 is 17.5 Å². The fraction of sp³-hybridized carbons (Fsp3) is 0.174. The number of benzene rings is 2. The number of Topliss-reactive ketones (excluding diaryl/α,β-unsaturated/α-hetero) is 2. The summed E-state index contributed by atoms with van der Waals surface area (Å²) in [7, 11) is 0. The first kappa shape index (κ1) is 17.9. The van der Waals surface area contributed by atoms with Crippen molar-refractivity contribution in [2.24, 2.45) is 11.8 Å². The second-order valence-corrected chi connectivity index (χ2v) is 6.75. The second-order valence-electron chi connectivity index (χ2n) is 6.75. The fourth-order valence-corrected chi connectivity index (χ4v) is 3.52. The SMILES string of the molecule is O=C(OCc1ccccc1)C(=O)[C@H]1[C@@H](C(=O)c2ccccc2)[C@@H]1c1ccco1. The largest absolute Gasteiger partial charge is 0.469 e. The van der Waals surface area contributed by atoms with Gasteiger partial charge in [0.25, 0.3) is 0 Å². The lowest BCUT2D eigenvalue weighted by Gasteiger charge is -2.04. The van der Waals surface area contributed by atoms with Gasteiger partial charge in [-0.05, 0) is 17.7 Å². The number of hydrogen-bond acceptors (Lipinski definition) is 5. The van der Waals surface area contributed by atoms with Gasteiger partial charge in [0, 0.05) is 17.4 Å². The highest BCUT2D eigenvalue weighted by Gasteiger charge is 2.62. The summed E-state index contributed by atoms with van der Waals surface area (Å²) in [5.74, 6) is -3.08. The smallest absolute Gasteiger partial charge is 0.375 e. The van der Waals surface area contributed by atoms with Gasteiger partial charge < -0.3 is 9.15 Å².